The number of rotatable bonds is 5. The highest BCUT2D eigenvalue weighted by Crippen LogP contribution is 2.18. The second-order valence-electron chi connectivity index (χ2n) is 5.25. The van der Waals surface area contributed by atoms with Crippen molar-refractivity contribution in [2.24, 2.45) is 5.92 Å². The van der Waals surface area contributed by atoms with Crippen molar-refractivity contribution in [2.75, 3.05) is 26.2 Å². The van der Waals surface area contributed by atoms with Crippen LogP contribution >= 0.6 is 0 Å². The van der Waals surface area contributed by atoms with E-state index in [1.165, 1.54) is 4.90 Å². The van der Waals surface area contributed by atoms with E-state index in [4.69, 9.17) is 9.84 Å². The number of amides is 2. The topological polar surface area (TPSA) is 116 Å². The van der Waals surface area contributed by atoms with Gasteiger partial charge < -0.3 is 25.2 Å². The molecule has 1 unspecified atom stereocenters. The fourth-order valence-corrected chi connectivity index (χ4v) is 2.01. The number of likely N-dealkylation sites (tertiary alicyclic amines) is 1. The number of nitrogens with zero attached hydrogens (tertiary/aromatic N) is 1. The van der Waals surface area contributed by atoms with Gasteiger partial charge in [-0.2, -0.15) is 0 Å². The molecule has 1 rings (SSSR count). The number of ether oxygens (including phenoxy) is 1. The van der Waals surface area contributed by atoms with Crippen LogP contribution in [0.1, 0.15) is 26.7 Å². The number of aliphatic hydroxyl groups is 1. The molecule has 3 N–H and O–H groups in total. The minimum atomic E-state index is -2.00. The van der Waals surface area contributed by atoms with Crippen LogP contribution < -0.4 is 5.32 Å². The highest BCUT2D eigenvalue weighted by molar-refractivity contribution is 5.79. The summed E-state index contributed by atoms with van der Waals surface area (Å²) in [6, 6.07) is -0.446. The predicted octanol–water partition coefficient (Wildman–Crippen LogP) is -0.193. The predicted molar refractivity (Wildman–Crippen MR) is 72.6 cm³/mol. The summed E-state index contributed by atoms with van der Waals surface area (Å²) in [7, 11) is 0. The monoisotopic (exact) mass is 302 g/mol. The van der Waals surface area contributed by atoms with E-state index in [9.17, 15) is 19.5 Å². The molecule has 1 heterocycles. The van der Waals surface area contributed by atoms with Gasteiger partial charge in [0.2, 0.25) is 0 Å². The Kier molecular flexibility index (Phi) is 5.95. The summed E-state index contributed by atoms with van der Waals surface area (Å²) in [5.74, 6) is -1.84. The molecule has 21 heavy (non-hydrogen) atoms. The Morgan fingerprint density at radius 2 is 1.90 bits per heavy atom. The third-order valence-corrected chi connectivity index (χ3v) is 3.45. The number of carbonyl (C=O) groups is 3. The van der Waals surface area contributed by atoms with Gasteiger partial charge in [-0.25, -0.2) is 9.59 Å². The lowest BCUT2D eigenvalue weighted by atomic mass is 9.97. The van der Waals surface area contributed by atoms with Crippen molar-refractivity contribution in [3.05, 3.63) is 0 Å². The van der Waals surface area contributed by atoms with E-state index in [0.29, 0.717) is 32.5 Å². The van der Waals surface area contributed by atoms with E-state index in [-0.39, 0.29) is 18.4 Å². The number of carbonyl (C=O) groups excluding carboxylic acids is 2. The molecule has 8 nitrogen and oxygen atoms in total. The molecule has 0 aromatic heterocycles. The third kappa shape index (κ3) is 4.89. The second kappa shape index (κ2) is 7.26. The van der Waals surface area contributed by atoms with Crippen LogP contribution in [0.3, 0.4) is 0 Å². The summed E-state index contributed by atoms with van der Waals surface area (Å²) in [4.78, 5) is 35.6. The first-order valence-corrected chi connectivity index (χ1v) is 6.93. The maximum atomic E-state index is 11.9. The highest BCUT2D eigenvalue weighted by Gasteiger charge is 2.32. The molecule has 1 atom stereocenters. The van der Waals surface area contributed by atoms with Gasteiger partial charge in [-0.1, -0.05) is 0 Å². The minimum Gasteiger partial charge on any atom is -0.479 e. The minimum absolute atomic E-state index is 0.198. The molecule has 1 aliphatic rings. The number of piperidine rings is 1. The van der Waals surface area contributed by atoms with Gasteiger partial charge in [-0.15, -0.1) is 0 Å². The molecule has 1 saturated heterocycles. The van der Waals surface area contributed by atoms with E-state index in [0.717, 1.165) is 6.92 Å². The summed E-state index contributed by atoms with van der Waals surface area (Å²) in [5, 5.41) is 20.6. The Balaban J connectivity index is 2.39. The lowest BCUT2D eigenvalue weighted by molar-refractivity contribution is -0.156. The lowest BCUT2D eigenvalue weighted by Gasteiger charge is -2.31. The normalized spacial score (nSPS) is 18.7. The van der Waals surface area contributed by atoms with E-state index in [1.54, 1.807) is 6.92 Å². The molecule has 0 saturated carbocycles. The molecule has 0 spiro atoms. The molecule has 0 bridgehead atoms. The van der Waals surface area contributed by atoms with Crippen LogP contribution in [0.4, 0.5) is 4.79 Å². The van der Waals surface area contributed by atoms with Crippen molar-refractivity contribution in [3.8, 4) is 0 Å². The van der Waals surface area contributed by atoms with Crippen molar-refractivity contribution in [1.82, 2.24) is 10.2 Å². The van der Waals surface area contributed by atoms with Gasteiger partial charge in [0.15, 0.2) is 5.60 Å². The summed E-state index contributed by atoms with van der Waals surface area (Å²) < 4.78 is 4.94. The number of esters is 1. The van der Waals surface area contributed by atoms with Crippen LogP contribution in [-0.4, -0.2) is 64.9 Å². The van der Waals surface area contributed by atoms with Gasteiger partial charge >= 0.3 is 18.0 Å². The molecule has 1 fully saturated rings. The molecule has 0 aliphatic carbocycles. The maximum absolute atomic E-state index is 11.9. The van der Waals surface area contributed by atoms with Crippen molar-refractivity contribution >= 4 is 18.0 Å². The van der Waals surface area contributed by atoms with Gasteiger partial charge in [0.05, 0.1) is 19.1 Å². The first kappa shape index (κ1) is 17.2. The summed E-state index contributed by atoms with van der Waals surface area (Å²) in [6.07, 6.45) is 1.03. The second-order valence-corrected chi connectivity index (χ2v) is 5.25. The zero-order chi connectivity index (χ0) is 16.0. The number of aliphatic carboxylic acids is 1. The molecular formula is C13H22N2O6. The number of hydrogen-bond acceptors (Lipinski definition) is 5. The molecule has 8 heteroatoms. The van der Waals surface area contributed by atoms with E-state index >= 15 is 0 Å². The van der Waals surface area contributed by atoms with Crippen molar-refractivity contribution in [3.63, 3.8) is 0 Å². The Bertz CT molecular complexity index is 401. The quantitative estimate of drug-likeness (QED) is 0.606. The van der Waals surface area contributed by atoms with Crippen LogP contribution in [0.5, 0.6) is 0 Å². The zero-order valence-corrected chi connectivity index (χ0v) is 12.3. The average molecular weight is 302 g/mol. The number of urea groups is 1. The zero-order valence-electron chi connectivity index (χ0n) is 12.3. The third-order valence-electron chi connectivity index (χ3n) is 3.45. The molecule has 0 aromatic rings. The summed E-state index contributed by atoms with van der Waals surface area (Å²) in [5.41, 5.74) is -2.00. The fraction of sp³-hybridized carbons (Fsp3) is 0.769. The number of nitrogens with one attached hydrogen (secondary N) is 1. The van der Waals surface area contributed by atoms with Crippen molar-refractivity contribution in [1.29, 1.82) is 0 Å². The average Bonchev–Trinajstić information content (AvgIpc) is 2.45. The van der Waals surface area contributed by atoms with Gasteiger partial charge in [-0.05, 0) is 26.7 Å². The van der Waals surface area contributed by atoms with E-state index in [2.05, 4.69) is 5.32 Å². The largest absolute Gasteiger partial charge is 0.479 e. The van der Waals surface area contributed by atoms with Crippen LogP contribution in [0, 0.1) is 5.92 Å². The molecular weight excluding hydrogens is 280 g/mol. The van der Waals surface area contributed by atoms with Gasteiger partial charge in [0.1, 0.15) is 0 Å². The molecule has 0 aromatic carbocycles. The Labute approximate surface area is 123 Å². The van der Waals surface area contributed by atoms with Crippen LogP contribution in [0.25, 0.3) is 0 Å². The highest BCUT2D eigenvalue weighted by atomic mass is 16.5. The van der Waals surface area contributed by atoms with Crippen molar-refractivity contribution < 1.29 is 29.3 Å². The fourth-order valence-electron chi connectivity index (χ4n) is 2.01. The summed E-state index contributed by atoms with van der Waals surface area (Å²) >= 11 is 0. The van der Waals surface area contributed by atoms with Crippen LogP contribution in [-0.2, 0) is 14.3 Å². The number of hydrogen-bond donors (Lipinski definition) is 3. The van der Waals surface area contributed by atoms with Gasteiger partial charge in [0, 0.05) is 13.1 Å². The molecule has 2 amide bonds. The number of carboxylic acids is 1. The van der Waals surface area contributed by atoms with Crippen LogP contribution in [0.2, 0.25) is 0 Å². The number of carboxylic acid groups (broad SMARTS) is 1. The lowest BCUT2D eigenvalue weighted by Crippen LogP contribution is -2.51. The Hall–Kier alpha value is -1.83. The van der Waals surface area contributed by atoms with Crippen molar-refractivity contribution in [2.45, 2.75) is 32.3 Å². The first-order chi connectivity index (χ1) is 9.77. The van der Waals surface area contributed by atoms with Gasteiger partial charge in [0.25, 0.3) is 0 Å². The maximum Gasteiger partial charge on any atom is 0.337 e. The SMILES string of the molecule is CCOC(=O)C1CCN(C(=O)NCC(C)(O)C(=O)O)CC1. The molecule has 120 valence electrons. The van der Waals surface area contributed by atoms with E-state index < -0.39 is 17.6 Å². The molecule has 0 radical (unpaired) electrons. The van der Waals surface area contributed by atoms with Crippen LogP contribution in [0.15, 0.2) is 0 Å². The van der Waals surface area contributed by atoms with E-state index in [1.807, 2.05) is 0 Å². The van der Waals surface area contributed by atoms with Gasteiger partial charge in [-0.3, -0.25) is 4.79 Å². The molecule has 1 aliphatic heterocycles. The first-order valence-electron chi connectivity index (χ1n) is 6.93. The Morgan fingerprint density at radius 3 is 2.38 bits per heavy atom. The smallest absolute Gasteiger partial charge is 0.337 e. The summed E-state index contributed by atoms with van der Waals surface area (Å²) in [6.45, 7) is 3.61. The standard InChI is InChI=1S/C13H22N2O6/c1-3-21-10(16)9-4-6-15(7-5-9)12(19)14-8-13(2,20)11(17)18/h9,20H,3-8H2,1-2H3,(H,14,19)(H,17,18). The Morgan fingerprint density at radius 1 is 1.33 bits per heavy atom.